The third-order valence-electron chi connectivity index (χ3n) is 6.71. The number of methoxy groups -OCH3 is 1. The molecule has 1 aliphatic carbocycles. The Bertz CT molecular complexity index is 1370. The van der Waals surface area contributed by atoms with Crippen LogP contribution in [0.4, 0.5) is 11.4 Å². The fraction of sp³-hybridized carbons (Fsp3) is 0.250. The van der Waals surface area contributed by atoms with Gasteiger partial charge in [-0.1, -0.05) is 6.92 Å². The van der Waals surface area contributed by atoms with Crippen LogP contribution in [0.5, 0.6) is 0 Å². The molecule has 0 saturated heterocycles. The van der Waals surface area contributed by atoms with Gasteiger partial charge in [-0.2, -0.15) is 0 Å². The molecule has 178 valence electrons. The summed E-state index contributed by atoms with van der Waals surface area (Å²) in [6, 6.07) is 11.6. The average Bonchev–Trinajstić information content (AvgIpc) is 3.39. The van der Waals surface area contributed by atoms with Crippen LogP contribution in [0.25, 0.3) is 11.6 Å². The molecule has 3 N–H and O–H groups in total. The van der Waals surface area contributed by atoms with Crippen molar-refractivity contribution in [3.05, 3.63) is 81.7 Å². The zero-order valence-corrected chi connectivity index (χ0v) is 19.8. The van der Waals surface area contributed by atoms with Gasteiger partial charge >= 0.3 is 5.97 Å². The van der Waals surface area contributed by atoms with E-state index in [9.17, 15) is 14.4 Å². The van der Waals surface area contributed by atoms with E-state index in [0.29, 0.717) is 22.4 Å². The van der Waals surface area contributed by atoms with E-state index in [4.69, 9.17) is 4.74 Å². The highest BCUT2D eigenvalue weighted by Gasteiger charge is 2.26. The van der Waals surface area contributed by atoms with Crippen LogP contribution in [-0.4, -0.2) is 29.9 Å². The summed E-state index contributed by atoms with van der Waals surface area (Å²) < 4.78 is 4.69. The number of hydrogen-bond donors (Lipinski definition) is 3. The average molecular weight is 470 g/mol. The third kappa shape index (κ3) is 4.25. The van der Waals surface area contributed by atoms with Crippen molar-refractivity contribution in [3.8, 4) is 0 Å². The van der Waals surface area contributed by atoms with Crippen molar-refractivity contribution in [2.75, 3.05) is 17.7 Å². The molecule has 2 heterocycles. The number of amides is 2. The number of ether oxygens (including phenoxy) is 1. The molecule has 0 unspecified atom stereocenters. The lowest BCUT2D eigenvalue weighted by Gasteiger charge is -2.11. The van der Waals surface area contributed by atoms with Crippen molar-refractivity contribution < 1.29 is 19.1 Å². The van der Waals surface area contributed by atoms with E-state index in [-0.39, 0.29) is 11.8 Å². The monoisotopic (exact) mass is 469 g/mol. The molecule has 0 fully saturated rings. The number of rotatable bonds is 5. The summed E-state index contributed by atoms with van der Waals surface area (Å²) >= 11 is 0. The molecule has 2 aromatic carbocycles. The topological polar surface area (TPSA) is 100 Å². The number of aromatic amines is 1. The molecule has 0 atom stereocenters. The van der Waals surface area contributed by atoms with Gasteiger partial charge in [0.15, 0.2) is 0 Å². The second-order valence-corrected chi connectivity index (χ2v) is 8.83. The Hall–Kier alpha value is -4.13. The van der Waals surface area contributed by atoms with Crippen LogP contribution in [-0.2, 0) is 28.8 Å². The molecule has 2 amide bonds. The third-order valence-corrected chi connectivity index (χ3v) is 6.71. The Morgan fingerprint density at radius 3 is 2.54 bits per heavy atom. The van der Waals surface area contributed by atoms with Gasteiger partial charge in [-0.3, -0.25) is 9.59 Å². The second kappa shape index (κ2) is 9.25. The van der Waals surface area contributed by atoms with Gasteiger partial charge in [0.1, 0.15) is 0 Å². The van der Waals surface area contributed by atoms with Gasteiger partial charge < -0.3 is 20.4 Å². The van der Waals surface area contributed by atoms with Crippen molar-refractivity contribution in [1.29, 1.82) is 0 Å². The number of aryl methyl sites for hydroxylation is 1. The Kier molecular flexibility index (Phi) is 5.99. The predicted octanol–water partition coefficient (Wildman–Crippen LogP) is 4.99. The first-order chi connectivity index (χ1) is 17.0. The molecule has 5 rings (SSSR count). The molecule has 0 saturated carbocycles. The highest BCUT2D eigenvalue weighted by atomic mass is 16.5. The smallest absolute Gasteiger partial charge is 0.337 e. The van der Waals surface area contributed by atoms with E-state index in [1.165, 1.54) is 36.8 Å². The quantitative estimate of drug-likeness (QED) is 0.362. The highest BCUT2D eigenvalue weighted by molar-refractivity contribution is 6.35. The number of anilines is 2. The summed E-state index contributed by atoms with van der Waals surface area (Å²) in [7, 11) is 1.31. The first kappa shape index (κ1) is 22.7. The Balaban J connectivity index is 1.42. The van der Waals surface area contributed by atoms with E-state index in [0.717, 1.165) is 36.2 Å². The van der Waals surface area contributed by atoms with Crippen LogP contribution >= 0.6 is 0 Å². The molecule has 3 aromatic rings. The zero-order chi connectivity index (χ0) is 24.5. The largest absolute Gasteiger partial charge is 0.465 e. The lowest BCUT2D eigenvalue weighted by Crippen LogP contribution is -2.12. The van der Waals surface area contributed by atoms with Gasteiger partial charge in [-0.15, -0.1) is 0 Å². The van der Waals surface area contributed by atoms with Crippen molar-refractivity contribution in [3.63, 3.8) is 0 Å². The number of carbonyl (C=O) groups excluding carboxylic acids is 3. The molecule has 7 heteroatoms. The van der Waals surface area contributed by atoms with Gasteiger partial charge in [0, 0.05) is 33.9 Å². The van der Waals surface area contributed by atoms with Gasteiger partial charge in [-0.25, -0.2) is 4.79 Å². The summed E-state index contributed by atoms with van der Waals surface area (Å²) in [6.07, 6.45) is 7.36. The van der Waals surface area contributed by atoms with Crippen LogP contribution in [0, 0.1) is 0 Å². The first-order valence-electron chi connectivity index (χ1n) is 11.9. The van der Waals surface area contributed by atoms with Crippen LogP contribution in [0.1, 0.15) is 68.6 Å². The molecule has 7 nitrogen and oxygen atoms in total. The minimum atomic E-state index is -0.457. The molecule has 0 spiro atoms. The number of fused-ring (bicyclic) bond motifs is 2. The maximum atomic E-state index is 12.8. The molecule has 0 radical (unpaired) electrons. The number of benzene rings is 2. The van der Waals surface area contributed by atoms with Gasteiger partial charge in [-0.05, 0) is 91.8 Å². The second-order valence-electron chi connectivity index (χ2n) is 8.83. The fourth-order valence-electron chi connectivity index (χ4n) is 4.94. The van der Waals surface area contributed by atoms with Crippen molar-refractivity contribution >= 4 is 40.8 Å². The summed E-state index contributed by atoms with van der Waals surface area (Å²) in [4.78, 5) is 40.8. The highest BCUT2D eigenvalue weighted by Crippen LogP contribution is 2.37. The molecule has 0 bridgehead atoms. The summed E-state index contributed by atoms with van der Waals surface area (Å²) in [5.41, 5.74) is 8.39. The van der Waals surface area contributed by atoms with E-state index >= 15 is 0 Å². The van der Waals surface area contributed by atoms with Crippen LogP contribution in [0.2, 0.25) is 0 Å². The van der Waals surface area contributed by atoms with E-state index in [1.807, 2.05) is 12.1 Å². The van der Waals surface area contributed by atoms with Crippen molar-refractivity contribution in [2.24, 2.45) is 0 Å². The Morgan fingerprint density at radius 1 is 1.06 bits per heavy atom. The Morgan fingerprint density at radius 2 is 1.80 bits per heavy atom. The molecule has 35 heavy (non-hydrogen) atoms. The maximum absolute atomic E-state index is 12.8. The van der Waals surface area contributed by atoms with Gasteiger partial charge in [0.25, 0.3) is 11.8 Å². The summed E-state index contributed by atoms with van der Waals surface area (Å²) in [5, 5.41) is 5.81. The fourth-order valence-corrected chi connectivity index (χ4v) is 4.94. The van der Waals surface area contributed by atoms with Crippen LogP contribution in [0.3, 0.4) is 0 Å². The van der Waals surface area contributed by atoms with Crippen LogP contribution < -0.4 is 10.6 Å². The summed E-state index contributed by atoms with van der Waals surface area (Å²) in [5.74, 6) is -0.924. The van der Waals surface area contributed by atoms with Crippen molar-refractivity contribution in [1.82, 2.24) is 4.98 Å². The van der Waals surface area contributed by atoms with E-state index < -0.39 is 5.97 Å². The first-order valence-corrected chi connectivity index (χ1v) is 11.9. The number of hydrogen-bond acceptors (Lipinski definition) is 4. The maximum Gasteiger partial charge on any atom is 0.337 e. The molecule has 1 aromatic heterocycles. The van der Waals surface area contributed by atoms with E-state index in [2.05, 4.69) is 22.5 Å². The molecular formula is C28H27N3O4. The molecule has 2 aliphatic rings. The molecular weight excluding hydrogens is 442 g/mol. The number of nitrogens with one attached hydrogen (secondary N) is 3. The number of aromatic nitrogens is 1. The number of esters is 1. The lowest BCUT2D eigenvalue weighted by molar-refractivity contribution is -0.110. The number of H-pyrrole nitrogens is 1. The predicted molar refractivity (Wildman–Crippen MR) is 135 cm³/mol. The van der Waals surface area contributed by atoms with Gasteiger partial charge in [0.2, 0.25) is 0 Å². The van der Waals surface area contributed by atoms with E-state index in [1.54, 1.807) is 36.4 Å². The molecule has 1 aliphatic heterocycles. The SMILES string of the molecule is CCc1c(C=C2C(=O)Nc3ccc(NC(=O)c4ccc(C(=O)OC)cc4)cc32)[nH]c2c1CCCC2. The zero-order valence-electron chi connectivity index (χ0n) is 19.8. The standard InChI is InChI=1S/C28H27N3O4/c1-3-19-20-6-4-5-7-23(20)30-25(19)15-22-21-14-18(12-13-24(21)31-27(22)33)29-26(32)16-8-10-17(11-9-16)28(34)35-2/h8-15,30H,3-7H2,1-2H3,(H,29,32)(H,31,33). The summed E-state index contributed by atoms with van der Waals surface area (Å²) in [6.45, 7) is 2.15. The lowest BCUT2D eigenvalue weighted by atomic mass is 9.93. The minimum absolute atomic E-state index is 0.156. The van der Waals surface area contributed by atoms with Crippen LogP contribution in [0.15, 0.2) is 42.5 Å². The minimum Gasteiger partial charge on any atom is -0.465 e. The van der Waals surface area contributed by atoms with Crippen molar-refractivity contribution in [2.45, 2.75) is 39.0 Å². The Labute approximate surface area is 203 Å². The van der Waals surface area contributed by atoms with Gasteiger partial charge in [0.05, 0.1) is 18.2 Å². The number of carbonyl (C=O) groups is 3. The normalized spacial score (nSPS) is 15.4.